The normalized spacial score (nSPS) is 11.2. The van der Waals surface area contributed by atoms with Gasteiger partial charge in [-0.3, -0.25) is 4.79 Å². The number of thioether (sulfide) groups is 1. The molecule has 0 bridgehead atoms. The van der Waals surface area contributed by atoms with Crippen LogP contribution >= 0.6 is 11.8 Å². The Hall–Kier alpha value is -1.01. The van der Waals surface area contributed by atoms with E-state index in [1.165, 1.54) is 0 Å². The molecule has 6 heteroatoms. The van der Waals surface area contributed by atoms with Crippen LogP contribution in [0.25, 0.3) is 0 Å². The minimum absolute atomic E-state index is 0.00996. The zero-order valence-electron chi connectivity index (χ0n) is 10.5. The summed E-state index contributed by atoms with van der Waals surface area (Å²) in [5.41, 5.74) is 0.739. The summed E-state index contributed by atoms with van der Waals surface area (Å²) in [7, 11) is -3.10. The van der Waals surface area contributed by atoms with Gasteiger partial charge in [-0.15, -0.1) is 11.8 Å². The average molecular weight is 287 g/mol. The number of anilines is 1. The summed E-state index contributed by atoms with van der Waals surface area (Å²) in [6, 6.07) is 7.49. The number of carbonyl (C=O) groups excluding carboxylic acids is 1. The second kappa shape index (κ2) is 6.80. The highest BCUT2D eigenvalue weighted by Crippen LogP contribution is 2.26. The van der Waals surface area contributed by atoms with Gasteiger partial charge in [0.15, 0.2) is 0 Å². The number of hydrogen-bond acceptors (Lipinski definition) is 4. The third kappa shape index (κ3) is 5.55. The number of hydrogen-bond donors (Lipinski definition) is 1. The topological polar surface area (TPSA) is 63.2 Å². The van der Waals surface area contributed by atoms with Crippen LogP contribution in [0, 0.1) is 0 Å². The van der Waals surface area contributed by atoms with Crippen LogP contribution < -0.4 is 5.32 Å². The molecule has 0 heterocycles. The van der Waals surface area contributed by atoms with E-state index in [1.807, 2.05) is 31.2 Å². The van der Waals surface area contributed by atoms with E-state index >= 15 is 0 Å². The Labute approximate surface area is 112 Å². The lowest BCUT2D eigenvalue weighted by Gasteiger charge is -2.09. The van der Waals surface area contributed by atoms with Gasteiger partial charge in [0.25, 0.3) is 0 Å². The summed E-state index contributed by atoms with van der Waals surface area (Å²) in [5.74, 6) is 0.516. The maximum absolute atomic E-state index is 11.6. The van der Waals surface area contributed by atoms with Crippen LogP contribution in [0.3, 0.4) is 0 Å². The Morgan fingerprint density at radius 3 is 2.61 bits per heavy atom. The van der Waals surface area contributed by atoms with E-state index in [0.29, 0.717) is 0 Å². The molecule has 0 aliphatic carbocycles. The molecule has 1 rings (SSSR count). The molecule has 1 aromatic rings. The molecule has 1 aromatic carbocycles. The summed E-state index contributed by atoms with van der Waals surface area (Å²) in [5, 5.41) is 2.74. The first-order valence-corrected chi connectivity index (χ1v) is 8.66. The number of benzene rings is 1. The first-order chi connectivity index (χ1) is 8.42. The van der Waals surface area contributed by atoms with Gasteiger partial charge in [-0.25, -0.2) is 8.42 Å². The van der Waals surface area contributed by atoms with Gasteiger partial charge < -0.3 is 5.32 Å². The van der Waals surface area contributed by atoms with Crippen LogP contribution in [0.1, 0.15) is 13.3 Å². The fraction of sp³-hybridized carbons (Fsp3) is 0.417. The predicted octanol–water partition coefficient (Wildman–Crippen LogP) is 2.17. The SMILES string of the molecule is CCSc1ccccc1NC(=O)CCS(C)(=O)=O. The van der Waals surface area contributed by atoms with Gasteiger partial charge >= 0.3 is 0 Å². The molecule has 0 saturated carbocycles. The monoisotopic (exact) mass is 287 g/mol. The minimum Gasteiger partial charge on any atom is -0.325 e. The Morgan fingerprint density at radius 2 is 2.00 bits per heavy atom. The second-order valence-corrected chi connectivity index (χ2v) is 7.42. The van der Waals surface area contributed by atoms with Gasteiger partial charge in [-0.05, 0) is 17.9 Å². The van der Waals surface area contributed by atoms with Crippen molar-refractivity contribution in [2.75, 3.05) is 23.1 Å². The molecule has 1 N–H and O–H groups in total. The van der Waals surface area contributed by atoms with Crippen LogP contribution in [-0.2, 0) is 14.6 Å². The van der Waals surface area contributed by atoms with E-state index in [-0.39, 0.29) is 18.1 Å². The third-order valence-electron chi connectivity index (χ3n) is 2.16. The first-order valence-electron chi connectivity index (χ1n) is 5.62. The van der Waals surface area contributed by atoms with Crippen molar-refractivity contribution in [2.45, 2.75) is 18.2 Å². The zero-order valence-corrected chi connectivity index (χ0v) is 12.1. The summed E-state index contributed by atoms with van der Waals surface area (Å²) in [4.78, 5) is 12.6. The van der Waals surface area contributed by atoms with E-state index in [0.717, 1.165) is 22.6 Å². The average Bonchev–Trinajstić information content (AvgIpc) is 2.29. The van der Waals surface area contributed by atoms with E-state index in [2.05, 4.69) is 5.32 Å². The molecule has 0 atom stereocenters. The largest absolute Gasteiger partial charge is 0.325 e. The van der Waals surface area contributed by atoms with Crippen LogP contribution in [-0.4, -0.2) is 32.1 Å². The Bertz CT molecular complexity index is 512. The van der Waals surface area contributed by atoms with Crippen LogP contribution in [0.2, 0.25) is 0 Å². The molecule has 100 valence electrons. The molecule has 0 aliphatic rings. The summed E-state index contributed by atoms with van der Waals surface area (Å²) in [6.45, 7) is 2.03. The molecule has 18 heavy (non-hydrogen) atoms. The fourth-order valence-electron chi connectivity index (χ4n) is 1.34. The van der Waals surface area contributed by atoms with E-state index in [9.17, 15) is 13.2 Å². The maximum Gasteiger partial charge on any atom is 0.225 e. The lowest BCUT2D eigenvalue weighted by molar-refractivity contribution is -0.115. The highest BCUT2D eigenvalue weighted by Gasteiger charge is 2.10. The number of nitrogens with one attached hydrogen (secondary N) is 1. The number of rotatable bonds is 6. The molecule has 4 nitrogen and oxygen atoms in total. The highest BCUT2D eigenvalue weighted by atomic mass is 32.2. The van der Waals surface area contributed by atoms with Gasteiger partial charge in [0.2, 0.25) is 5.91 Å². The standard InChI is InChI=1S/C12H17NO3S2/c1-3-17-11-7-5-4-6-10(11)13-12(14)8-9-18(2,15)16/h4-7H,3,8-9H2,1-2H3,(H,13,14). The fourth-order valence-corrected chi connectivity index (χ4v) is 2.66. The predicted molar refractivity (Wildman–Crippen MR) is 75.8 cm³/mol. The Balaban J connectivity index is 2.64. The summed E-state index contributed by atoms with van der Waals surface area (Å²) >= 11 is 1.63. The first kappa shape index (κ1) is 15.0. The molecule has 0 radical (unpaired) electrons. The van der Waals surface area contributed by atoms with Crippen LogP contribution in [0.4, 0.5) is 5.69 Å². The van der Waals surface area contributed by atoms with Crippen molar-refractivity contribution in [3.8, 4) is 0 Å². The van der Waals surface area contributed by atoms with Crippen molar-refractivity contribution in [3.63, 3.8) is 0 Å². The molecule has 0 saturated heterocycles. The Kier molecular flexibility index (Phi) is 5.68. The number of carbonyl (C=O) groups is 1. The summed E-state index contributed by atoms with van der Waals surface area (Å²) in [6.07, 6.45) is 1.12. The van der Waals surface area contributed by atoms with Crippen molar-refractivity contribution >= 4 is 33.2 Å². The van der Waals surface area contributed by atoms with E-state index < -0.39 is 9.84 Å². The van der Waals surface area contributed by atoms with Crippen molar-refractivity contribution in [2.24, 2.45) is 0 Å². The van der Waals surface area contributed by atoms with Gasteiger partial charge in [0, 0.05) is 17.6 Å². The minimum atomic E-state index is -3.10. The van der Waals surface area contributed by atoms with Crippen molar-refractivity contribution < 1.29 is 13.2 Å². The summed E-state index contributed by atoms with van der Waals surface area (Å²) < 4.78 is 21.9. The van der Waals surface area contributed by atoms with E-state index in [4.69, 9.17) is 0 Å². The molecular formula is C12H17NO3S2. The Morgan fingerprint density at radius 1 is 1.33 bits per heavy atom. The zero-order chi connectivity index (χ0) is 13.6. The van der Waals surface area contributed by atoms with Gasteiger partial charge in [-0.1, -0.05) is 19.1 Å². The second-order valence-electron chi connectivity index (χ2n) is 3.86. The van der Waals surface area contributed by atoms with Crippen LogP contribution in [0.15, 0.2) is 29.2 Å². The number of sulfone groups is 1. The maximum atomic E-state index is 11.6. The molecule has 0 aliphatic heterocycles. The molecular weight excluding hydrogens is 270 g/mol. The molecule has 1 amide bonds. The van der Waals surface area contributed by atoms with Gasteiger partial charge in [0.1, 0.15) is 9.84 Å². The van der Waals surface area contributed by atoms with Crippen molar-refractivity contribution in [3.05, 3.63) is 24.3 Å². The lowest BCUT2D eigenvalue weighted by atomic mass is 10.3. The van der Waals surface area contributed by atoms with Crippen molar-refractivity contribution in [1.29, 1.82) is 0 Å². The lowest BCUT2D eigenvalue weighted by Crippen LogP contribution is -2.16. The van der Waals surface area contributed by atoms with Gasteiger partial charge in [0.05, 0.1) is 11.4 Å². The smallest absolute Gasteiger partial charge is 0.225 e. The van der Waals surface area contributed by atoms with Crippen molar-refractivity contribution in [1.82, 2.24) is 0 Å². The molecule has 0 fully saturated rings. The van der Waals surface area contributed by atoms with Gasteiger partial charge in [-0.2, -0.15) is 0 Å². The third-order valence-corrected chi connectivity index (χ3v) is 4.06. The number of amides is 1. The molecule has 0 unspecified atom stereocenters. The van der Waals surface area contributed by atoms with E-state index in [1.54, 1.807) is 11.8 Å². The molecule has 0 spiro atoms. The van der Waals surface area contributed by atoms with Crippen LogP contribution in [0.5, 0.6) is 0 Å². The quantitative estimate of drug-likeness (QED) is 0.815. The highest BCUT2D eigenvalue weighted by molar-refractivity contribution is 7.99. The number of para-hydroxylation sites is 1. The molecule has 0 aromatic heterocycles.